The molecule has 0 aromatic rings. The minimum absolute atomic E-state index is 0.195. The van der Waals surface area contributed by atoms with E-state index >= 15 is 0 Å². The van der Waals surface area contributed by atoms with E-state index in [0.717, 1.165) is 0 Å². The Hall–Kier alpha value is -1.22. The molecule has 0 aromatic carbocycles. The van der Waals surface area contributed by atoms with E-state index in [0.29, 0.717) is 0 Å². The third-order valence-corrected chi connectivity index (χ3v) is 2.31. The number of carboxylic acids is 1. The Morgan fingerprint density at radius 3 is 2.47 bits per heavy atom. The van der Waals surface area contributed by atoms with E-state index in [2.05, 4.69) is 4.74 Å². The molecule has 4 atom stereocenters. The zero-order valence-corrected chi connectivity index (χ0v) is 8.85. The van der Waals surface area contributed by atoms with Crippen molar-refractivity contribution >= 4 is 11.9 Å². The Kier molecular flexibility index (Phi) is 4.82. The summed E-state index contributed by atoms with van der Waals surface area (Å²) in [5.41, 5.74) is 0. The van der Waals surface area contributed by atoms with Gasteiger partial charge in [0.1, 0.15) is 37.4 Å². The van der Waals surface area contributed by atoms with E-state index in [-0.39, 0.29) is 13.2 Å². The molecular formula is C9H14O8. The molecular weight excluding hydrogens is 236 g/mol. The van der Waals surface area contributed by atoms with E-state index in [9.17, 15) is 19.8 Å². The SMILES string of the molecule is O=C(O)CC(=O)OCC1OC[C@H](O)[C@@H](O)[C@@H]1O. The molecule has 0 radical (unpaired) electrons. The standard InChI is InChI=1S/C9H14O8/c10-4-2-16-5(9(15)8(4)14)3-17-7(13)1-6(11)12/h4-5,8-10,14-15H,1-3H2,(H,11,12)/t4-,5?,8+,9+/m0/s1. The van der Waals surface area contributed by atoms with Crippen molar-refractivity contribution in [1.29, 1.82) is 0 Å². The lowest BCUT2D eigenvalue weighted by Crippen LogP contribution is -2.54. The van der Waals surface area contributed by atoms with Gasteiger partial charge in [-0.2, -0.15) is 0 Å². The van der Waals surface area contributed by atoms with Crippen LogP contribution in [-0.4, -0.2) is 70.0 Å². The molecule has 1 heterocycles. The summed E-state index contributed by atoms with van der Waals surface area (Å²) in [6.07, 6.45) is -5.74. The number of hydrogen-bond acceptors (Lipinski definition) is 7. The van der Waals surface area contributed by atoms with Crippen LogP contribution >= 0.6 is 0 Å². The molecule has 1 aliphatic heterocycles. The first kappa shape index (κ1) is 13.8. The molecule has 0 bridgehead atoms. The quantitative estimate of drug-likeness (QED) is 0.317. The smallest absolute Gasteiger partial charge is 0.317 e. The lowest BCUT2D eigenvalue weighted by molar-refractivity contribution is -0.201. The average Bonchev–Trinajstić information content (AvgIpc) is 2.24. The second-order valence-corrected chi connectivity index (χ2v) is 3.67. The van der Waals surface area contributed by atoms with Gasteiger partial charge in [0.2, 0.25) is 0 Å². The summed E-state index contributed by atoms with van der Waals surface area (Å²) in [5, 5.41) is 36.2. The minimum atomic E-state index is -1.39. The number of carbonyl (C=O) groups is 2. The molecule has 0 aromatic heterocycles. The normalized spacial score (nSPS) is 33.1. The molecule has 0 spiro atoms. The fourth-order valence-corrected chi connectivity index (χ4v) is 1.36. The van der Waals surface area contributed by atoms with E-state index in [1.165, 1.54) is 0 Å². The molecule has 1 aliphatic rings. The van der Waals surface area contributed by atoms with Gasteiger partial charge in [-0.3, -0.25) is 9.59 Å². The molecule has 1 fully saturated rings. The Bertz CT molecular complexity index is 291. The second kappa shape index (κ2) is 5.92. The molecule has 4 N–H and O–H groups in total. The average molecular weight is 250 g/mol. The van der Waals surface area contributed by atoms with Crippen molar-refractivity contribution in [3.63, 3.8) is 0 Å². The first-order valence-electron chi connectivity index (χ1n) is 4.95. The van der Waals surface area contributed by atoms with Gasteiger partial charge in [-0.25, -0.2) is 0 Å². The van der Waals surface area contributed by atoms with E-state index < -0.39 is 42.8 Å². The summed E-state index contributed by atoms with van der Waals surface area (Å²) < 4.78 is 9.49. The van der Waals surface area contributed by atoms with Crippen molar-refractivity contribution in [3.8, 4) is 0 Å². The van der Waals surface area contributed by atoms with E-state index in [1.807, 2.05) is 0 Å². The van der Waals surface area contributed by atoms with Crippen LogP contribution in [0.3, 0.4) is 0 Å². The van der Waals surface area contributed by atoms with Gasteiger partial charge in [0.25, 0.3) is 0 Å². The van der Waals surface area contributed by atoms with Gasteiger partial charge in [-0.1, -0.05) is 0 Å². The van der Waals surface area contributed by atoms with Gasteiger partial charge >= 0.3 is 11.9 Å². The van der Waals surface area contributed by atoms with Crippen molar-refractivity contribution in [2.45, 2.75) is 30.8 Å². The summed E-state index contributed by atoms with van der Waals surface area (Å²) >= 11 is 0. The van der Waals surface area contributed by atoms with Crippen LogP contribution in [0.5, 0.6) is 0 Å². The van der Waals surface area contributed by atoms with Gasteiger partial charge in [0.05, 0.1) is 6.61 Å². The molecule has 0 aliphatic carbocycles. The topological polar surface area (TPSA) is 134 Å². The number of carbonyl (C=O) groups excluding carboxylic acids is 1. The maximum absolute atomic E-state index is 10.9. The molecule has 17 heavy (non-hydrogen) atoms. The van der Waals surface area contributed by atoms with Crippen molar-refractivity contribution in [2.24, 2.45) is 0 Å². The van der Waals surface area contributed by atoms with Gasteiger partial charge in [-0.15, -0.1) is 0 Å². The molecule has 1 rings (SSSR count). The summed E-state index contributed by atoms with van der Waals surface area (Å²) in [4.78, 5) is 21.1. The number of ether oxygens (including phenoxy) is 2. The van der Waals surface area contributed by atoms with Gasteiger partial charge in [-0.05, 0) is 0 Å². The van der Waals surface area contributed by atoms with Crippen LogP contribution in [0.4, 0.5) is 0 Å². The minimum Gasteiger partial charge on any atom is -0.481 e. The predicted molar refractivity (Wildman–Crippen MR) is 51.0 cm³/mol. The maximum Gasteiger partial charge on any atom is 0.317 e. The van der Waals surface area contributed by atoms with E-state index in [1.54, 1.807) is 0 Å². The Labute approximate surface area is 96.4 Å². The molecule has 0 amide bonds. The summed E-state index contributed by atoms with van der Waals surface area (Å²) in [7, 11) is 0. The van der Waals surface area contributed by atoms with Crippen molar-refractivity contribution in [1.82, 2.24) is 0 Å². The number of hydrogen-bond donors (Lipinski definition) is 4. The third-order valence-electron chi connectivity index (χ3n) is 2.31. The zero-order valence-electron chi connectivity index (χ0n) is 8.85. The van der Waals surface area contributed by atoms with Gasteiger partial charge < -0.3 is 29.9 Å². The summed E-state index contributed by atoms with van der Waals surface area (Å²) in [6, 6.07) is 0. The molecule has 8 heteroatoms. The number of rotatable bonds is 4. The van der Waals surface area contributed by atoms with Gasteiger partial charge in [0, 0.05) is 0 Å². The van der Waals surface area contributed by atoms with E-state index in [4.69, 9.17) is 14.9 Å². The lowest BCUT2D eigenvalue weighted by Gasteiger charge is -2.34. The fourth-order valence-electron chi connectivity index (χ4n) is 1.36. The van der Waals surface area contributed by atoms with Crippen LogP contribution in [0.25, 0.3) is 0 Å². The maximum atomic E-state index is 10.9. The highest BCUT2D eigenvalue weighted by Crippen LogP contribution is 2.15. The van der Waals surface area contributed by atoms with Crippen molar-refractivity contribution in [2.75, 3.05) is 13.2 Å². The third kappa shape index (κ3) is 3.93. The highest BCUT2D eigenvalue weighted by atomic mass is 16.6. The molecule has 8 nitrogen and oxygen atoms in total. The first-order chi connectivity index (χ1) is 7.91. The first-order valence-corrected chi connectivity index (χ1v) is 4.95. The number of aliphatic hydroxyl groups excluding tert-OH is 3. The molecule has 1 unspecified atom stereocenters. The fraction of sp³-hybridized carbons (Fsp3) is 0.778. The Balaban J connectivity index is 2.37. The number of carboxylic acid groups (broad SMARTS) is 1. The largest absolute Gasteiger partial charge is 0.481 e. The molecule has 0 saturated carbocycles. The second-order valence-electron chi connectivity index (χ2n) is 3.67. The highest BCUT2D eigenvalue weighted by Gasteiger charge is 2.38. The zero-order chi connectivity index (χ0) is 13.0. The molecule has 98 valence electrons. The van der Waals surface area contributed by atoms with Crippen molar-refractivity contribution in [3.05, 3.63) is 0 Å². The lowest BCUT2D eigenvalue weighted by atomic mass is 10.0. The highest BCUT2D eigenvalue weighted by molar-refractivity contribution is 5.90. The summed E-state index contributed by atoms with van der Waals surface area (Å²) in [6.45, 7) is -0.573. The van der Waals surface area contributed by atoms with Crippen LogP contribution in [-0.2, 0) is 19.1 Å². The molecule has 1 saturated heterocycles. The number of aliphatic carboxylic acids is 1. The van der Waals surface area contributed by atoms with Crippen molar-refractivity contribution < 1.29 is 39.5 Å². The van der Waals surface area contributed by atoms with Crippen LogP contribution in [0.2, 0.25) is 0 Å². The Morgan fingerprint density at radius 1 is 1.24 bits per heavy atom. The number of esters is 1. The van der Waals surface area contributed by atoms with Crippen LogP contribution < -0.4 is 0 Å². The van der Waals surface area contributed by atoms with Crippen LogP contribution in [0.15, 0.2) is 0 Å². The predicted octanol–water partition coefficient (Wildman–Crippen LogP) is -2.51. The number of aliphatic hydroxyl groups is 3. The van der Waals surface area contributed by atoms with Crippen LogP contribution in [0, 0.1) is 0 Å². The van der Waals surface area contributed by atoms with Crippen LogP contribution in [0.1, 0.15) is 6.42 Å². The summed E-state index contributed by atoms with van der Waals surface area (Å²) in [5.74, 6) is -2.29. The van der Waals surface area contributed by atoms with Gasteiger partial charge in [0.15, 0.2) is 0 Å². The monoisotopic (exact) mass is 250 g/mol. The Morgan fingerprint density at radius 2 is 1.88 bits per heavy atom.